The second kappa shape index (κ2) is 5.17. The van der Waals surface area contributed by atoms with Crippen LogP contribution in [-0.4, -0.2) is 0 Å². The van der Waals surface area contributed by atoms with Gasteiger partial charge < -0.3 is 10.5 Å². The van der Waals surface area contributed by atoms with Crippen LogP contribution < -0.4 is 10.5 Å². The van der Waals surface area contributed by atoms with E-state index >= 15 is 0 Å². The van der Waals surface area contributed by atoms with Crippen molar-refractivity contribution in [2.24, 2.45) is 5.73 Å². The lowest BCUT2D eigenvalue weighted by Crippen LogP contribution is -1.99. The molecule has 0 spiro atoms. The van der Waals surface area contributed by atoms with Crippen LogP contribution in [0, 0.1) is 5.82 Å². The van der Waals surface area contributed by atoms with Crippen LogP contribution in [-0.2, 0) is 6.54 Å². The number of rotatable bonds is 3. The molecule has 0 atom stereocenters. The summed E-state index contributed by atoms with van der Waals surface area (Å²) in [6, 6.07) is 11.0. The highest BCUT2D eigenvalue weighted by atomic mass is 35.5. The Morgan fingerprint density at radius 2 is 1.82 bits per heavy atom. The van der Waals surface area contributed by atoms with Crippen LogP contribution >= 0.6 is 11.6 Å². The minimum Gasteiger partial charge on any atom is -0.457 e. The number of benzene rings is 2. The van der Waals surface area contributed by atoms with E-state index in [9.17, 15) is 4.39 Å². The largest absolute Gasteiger partial charge is 0.457 e. The van der Waals surface area contributed by atoms with Gasteiger partial charge in [-0.15, -0.1) is 0 Å². The molecule has 0 bridgehead atoms. The molecule has 0 aliphatic rings. The van der Waals surface area contributed by atoms with Gasteiger partial charge in [0.25, 0.3) is 0 Å². The van der Waals surface area contributed by atoms with Crippen molar-refractivity contribution in [3.8, 4) is 11.5 Å². The SMILES string of the molecule is NCc1ccc(Cl)cc1Oc1ccc(F)cc1. The predicted molar refractivity (Wildman–Crippen MR) is 65.8 cm³/mol. The van der Waals surface area contributed by atoms with Crippen molar-refractivity contribution in [3.63, 3.8) is 0 Å². The minimum atomic E-state index is -0.303. The third-order valence-corrected chi connectivity index (χ3v) is 2.53. The summed E-state index contributed by atoms with van der Waals surface area (Å²) in [7, 11) is 0. The van der Waals surface area contributed by atoms with Gasteiger partial charge in [0.15, 0.2) is 0 Å². The van der Waals surface area contributed by atoms with Crippen LogP contribution in [0.25, 0.3) is 0 Å². The van der Waals surface area contributed by atoms with Crippen molar-refractivity contribution in [3.05, 3.63) is 58.9 Å². The topological polar surface area (TPSA) is 35.2 Å². The van der Waals surface area contributed by atoms with E-state index in [-0.39, 0.29) is 5.82 Å². The second-order valence-corrected chi connectivity index (χ2v) is 3.95. The molecule has 2 aromatic carbocycles. The van der Waals surface area contributed by atoms with E-state index < -0.39 is 0 Å². The first kappa shape index (κ1) is 11.9. The first-order chi connectivity index (χ1) is 8.19. The number of hydrogen-bond acceptors (Lipinski definition) is 2. The summed E-state index contributed by atoms with van der Waals surface area (Å²) in [6.07, 6.45) is 0. The Hall–Kier alpha value is -1.58. The Kier molecular flexibility index (Phi) is 3.61. The van der Waals surface area contributed by atoms with E-state index in [0.717, 1.165) is 5.56 Å². The lowest BCUT2D eigenvalue weighted by Gasteiger charge is -2.10. The molecule has 0 aliphatic carbocycles. The first-order valence-corrected chi connectivity index (χ1v) is 5.49. The van der Waals surface area contributed by atoms with Crippen LogP contribution in [0.15, 0.2) is 42.5 Å². The van der Waals surface area contributed by atoms with E-state index in [2.05, 4.69) is 0 Å². The average Bonchev–Trinajstić information content (AvgIpc) is 2.32. The third kappa shape index (κ3) is 2.96. The molecular weight excluding hydrogens is 241 g/mol. The highest BCUT2D eigenvalue weighted by Crippen LogP contribution is 2.28. The van der Waals surface area contributed by atoms with Gasteiger partial charge in [0, 0.05) is 17.1 Å². The van der Waals surface area contributed by atoms with Gasteiger partial charge in [0.05, 0.1) is 0 Å². The Morgan fingerprint density at radius 1 is 1.12 bits per heavy atom. The van der Waals surface area contributed by atoms with Crippen molar-refractivity contribution < 1.29 is 9.13 Å². The molecule has 0 saturated carbocycles. The fourth-order valence-electron chi connectivity index (χ4n) is 1.42. The molecule has 0 aromatic heterocycles. The summed E-state index contributed by atoms with van der Waals surface area (Å²) in [4.78, 5) is 0. The molecule has 0 fully saturated rings. The number of nitrogens with two attached hydrogens (primary N) is 1. The van der Waals surface area contributed by atoms with Gasteiger partial charge in [-0.25, -0.2) is 4.39 Å². The zero-order valence-electron chi connectivity index (χ0n) is 8.99. The summed E-state index contributed by atoms with van der Waals surface area (Å²) in [5, 5.41) is 0.569. The van der Waals surface area contributed by atoms with Crippen molar-refractivity contribution >= 4 is 11.6 Å². The first-order valence-electron chi connectivity index (χ1n) is 5.11. The van der Waals surface area contributed by atoms with E-state index in [0.29, 0.717) is 23.1 Å². The summed E-state index contributed by atoms with van der Waals surface area (Å²) < 4.78 is 18.3. The zero-order chi connectivity index (χ0) is 12.3. The monoisotopic (exact) mass is 251 g/mol. The maximum atomic E-state index is 12.7. The molecule has 2 rings (SSSR count). The average molecular weight is 252 g/mol. The molecule has 4 heteroatoms. The van der Waals surface area contributed by atoms with Crippen molar-refractivity contribution in [1.82, 2.24) is 0 Å². The van der Waals surface area contributed by atoms with Gasteiger partial charge in [-0.05, 0) is 36.4 Å². The lowest BCUT2D eigenvalue weighted by atomic mass is 10.2. The van der Waals surface area contributed by atoms with E-state index in [1.807, 2.05) is 0 Å². The van der Waals surface area contributed by atoms with Gasteiger partial charge in [0.1, 0.15) is 17.3 Å². The Bertz CT molecular complexity index is 513. The van der Waals surface area contributed by atoms with Crippen molar-refractivity contribution in [2.75, 3.05) is 0 Å². The third-order valence-electron chi connectivity index (χ3n) is 2.29. The van der Waals surface area contributed by atoms with E-state index in [4.69, 9.17) is 22.1 Å². The van der Waals surface area contributed by atoms with Crippen molar-refractivity contribution in [2.45, 2.75) is 6.54 Å². The molecule has 17 heavy (non-hydrogen) atoms. The molecule has 0 amide bonds. The minimum absolute atomic E-state index is 0.303. The summed E-state index contributed by atoms with van der Waals surface area (Å²) in [5.74, 6) is 0.831. The molecule has 0 aliphatic heterocycles. The maximum Gasteiger partial charge on any atom is 0.133 e. The second-order valence-electron chi connectivity index (χ2n) is 3.51. The highest BCUT2D eigenvalue weighted by Gasteiger charge is 2.05. The number of ether oxygens (including phenoxy) is 1. The molecular formula is C13H11ClFNO. The quantitative estimate of drug-likeness (QED) is 0.902. The lowest BCUT2D eigenvalue weighted by molar-refractivity contribution is 0.474. The fraction of sp³-hybridized carbons (Fsp3) is 0.0769. The zero-order valence-corrected chi connectivity index (χ0v) is 9.75. The predicted octanol–water partition coefficient (Wildman–Crippen LogP) is 3.73. The van der Waals surface area contributed by atoms with Gasteiger partial charge in [0.2, 0.25) is 0 Å². The van der Waals surface area contributed by atoms with E-state index in [1.54, 1.807) is 30.3 Å². The Labute approximate surface area is 104 Å². The molecule has 88 valence electrons. The molecule has 0 saturated heterocycles. The van der Waals surface area contributed by atoms with Crippen LogP contribution in [0.1, 0.15) is 5.56 Å². The summed E-state index contributed by atoms with van der Waals surface area (Å²) in [5.41, 5.74) is 6.44. The molecule has 2 nitrogen and oxygen atoms in total. The maximum absolute atomic E-state index is 12.7. The fourth-order valence-corrected chi connectivity index (χ4v) is 1.58. The summed E-state index contributed by atoms with van der Waals surface area (Å²) in [6.45, 7) is 0.355. The van der Waals surface area contributed by atoms with E-state index in [1.165, 1.54) is 12.1 Å². The van der Waals surface area contributed by atoms with Gasteiger partial charge in [-0.3, -0.25) is 0 Å². The Balaban J connectivity index is 2.28. The van der Waals surface area contributed by atoms with Crippen LogP contribution in [0.3, 0.4) is 0 Å². The summed E-state index contributed by atoms with van der Waals surface area (Å²) >= 11 is 5.88. The van der Waals surface area contributed by atoms with Crippen LogP contribution in [0.4, 0.5) is 4.39 Å². The molecule has 2 aromatic rings. The smallest absolute Gasteiger partial charge is 0.133 e. The van der Waals surface area contributed by atoms with Gasteiger partial charge in [-0.1, -0.05) is 17.7 Å². The number of halogens is 2. The standard InChI is InChI=1S/C13H11ClFNO/c14-10-2-1-9(8-16)13(7-10)17-12-5-3-11(15)4-6-12/h1-7H,8,16H2. The molecule has 2 N–H and O–H groups in total. The normalized spacial score (nSPS) is 10.3. The van der Waals surface area contributed by atoms with Crippen molar-refractivity contribution in [1.29, 1.82) is 0 Å². The van der Waals surface area contributed by atoms with Gasteiger partial charge in [-0.2, -0.15) is 0 Å². The van der Waals surface area contributed by atoms with Crippen LogP contribution in [0.2, 0.25) is 5.02 Å². The highest BCUT2D eigenvalue weighted by molar-refractivity contribution is 6.30. The number of hydrogen-bond donors (Lipinski definition) is 1. The molecule has 0 radical (unpaired) electrons. The molecule has 0 unspecified atom stereocenters. The van der Waals surface area contributed by atoms with Crippen LogP contribution in [0.5, 0.6) is 11.5 Å². The molecule has 0 heterocycles. The Morgan fingerprint density at radius 3 is 2.47 bits per heavy atom. The van der Waals surface area contributed by atoms with Gasteiger partial charge >= 0.3 is 0 Å².